The molecule has 0 radical (unpaired) electrons. The molecule has 1 amide bonds. The number of anilines is 1. The molecule has 0 aliphatic heterocycles. The molecule has 8 heteroatoms. The van der Waals surface area contributed by atoms with Crippen molar-refractivity contribution in [1.29, 1.82) is 0 Å². The molecular formula is C23H23N5O3. The van der Waals surface area contributed by atoms with Crippen LogP contribution in [0, 0.1) is 6.92 Å². The zero-order valence-electron chi connectivity index (χ0n) is 17.4. The number of carbonyl (C=O) groups is 1. The standard InChI is InChI=1S/C23H23N5O3/c1-3-4-7-17(29)25-22-16-6-5-12-24-19(16)21(30)20(26-22)23-28-27-18(31-23)13-15-10-8-14(2)9-11-15/h5-6,8-12,30H,3-4,7,13H2,1-2H3,(H,25,26,29). The molecule has 0 aliphatic carbocycles. The lowest BCUT2D eigenvalue weighted by atomic mass is 10.1. The number of rotatable bonds is 7. The van der Waals surface area contributed by atoms with Gasteiger partial charge in [0.05, 0.1) is 6.42 Å². The van der Waals surface area contributed by atoms with E-state index in [2.05, 4.69) is 25.5 Å². The van der Waals surface area contributed by atoms with Crippen LogP contribution in [-0.2, 0) is 11.2 Å². The van der Waals surface area contributed by atoms with Gasteiger partial charge >= 0.3 is 0 Å². The summed E-state index contributed by atoms with van der Waals surface area (Å²) in [7, 11) is 0. The normalized spacial score (nSPS) is 11.0. The van der Waals surface area contributed by atoms with E-state index in [1.54, 1.807) is 18.3 Å². The van der Waals surface area contributed by atoms with E-state index in [1.807, 2.05) is 38.1 Å². The Labute approximate surface area is 179 Å². The fraction of sp³-hybridized carbons (Fsp3) is 0.261. The number of carbonyl (C=O) groups excluding carboxylic acids is 1. The van der Waals surface area contributed by atoms with Gasteiger partial charge in [-0.25, -0.2) is 4.98 Å². The number of pyridine rings is 2. The molecule has 4 rings (SSSR count). The molecule has 2 N–H and O–H groups in total. The summed E-state index contributed by atoms with van der Waals surface area (Å²) in [5.41, 5.74) is 2.58. The maximum Gasteiger partial charge on any atom is 0.270 e. The minimum atomic E-state index is -0.173. The van der Waals surface area contributed by atoms with Crippen LogP contribution in [-0.4, -0.2) is 31.2 Å². The molecular weight excluding hydrogens is 394 g/mol. The lowest BCUT2D eigenvalue weighted by Gasteiger charge is -2.10. The van der Waals surface area contributed by atoms with Crippen molar-refractivity contribution in [3.05, 3.63) is 59.6 Å². The van der Waals surface area contributed by atoms with E-state index in [0.717, 1.165) is 18.4 Å². The largest absolute Gasteiger partial charge is 0.504 e. The van der Waals surface area contributed by atoms with Crippen molar-refractivity contribution in [2.24, 2.45) is 0 Å². The zero-order valence-corrected chi connectivity index (χ0v) is 17.4. The summed E-state index contributed by atoms with van der Waals surface area (Å²) in [5.74, 6) is 0.440. The number of nitrogens with one attached hydrogen (secondary N) is 1. The lowest BCUT2D eigenvalue weighted by molar-refractivity contribution is -0.116. The highest BCUT2D eigenvalue weighted by molar-refractivity contribution is 6.02. The average molecular weight is 417 g/mol. The summed E-state index contributed by atoms with van der Waals surface area (Å²) in [5, 5.41) is 22.3. The summed E-state index contributed by atoms with van der Waals surface area (Å²) in [6.45, 7) is 4.04. The first kappa shape index (κ1) is 20.5. The third-order valence-electron chi connectivity index (χ3n) is 4.90. The van der Waals surface area contributed by atoms with Gasteiger partial charge in [0.25, 0.3) is 5.89 Å². The van der Waals surface area contributed by atoms with Gasteiger partial charge in [0, 0.05) is 18.0 Å². The molecule has 0 atom stereocenters. The van der Waals surface area contributed by atoms with Gasteiger partial charge in [0.1, 0.15) is 11.3 Å². The first-order valence-electron chi connectivity index (χ1n) is 10.2. The number of amides is 1. The Bertz CT molecular complexity index is 1220. The summed E-state index contributed by atoms with van der Waals surface area (Å²) >= 11 is 0. The number of fused-ring (bicyclic) bond motifs is 1. The van der Waals surface area contributed by atoms with Crippen LogP contribution in [0.15, 0.2) is 47.0 Å². The number of hydrogen-bond donors (Lipinski definition) is 2. The molecule has 3 aromatic heterocycles. The maximum absolute atomic E-state index is 12.3. The van der Waals surface area contributed by atoms with Crippen LogP contribution in [0.5, 0.6) is 5.75 Å². The molecule has 1 aromatic carbocycles. The Morgan fingerprint density at radius 2 is 1.97 bits per heavy atom. The Kier molecular flexibility index (Phi) is 5.88. The van der Waals surface area contributed by atoms with Crippen LogP contribution in [0.4, 0.5) is 5.82 Å². The van der Waals surface area contributed by atoms with Gasteiger partial charge in [-0.1, -0.05) is 43.2 Å². The van der Waals surface area contributed by atoms with Crippen LogP contribution in [0.3, 0.4) is 0 Å². The van der Waals surface area contributed by atoms with Gasteiger partial charge in [-0.2, -0.15) is 0 Å². The van der Waals surface area contributed by atoms with Gasteiger partial charge in [0.2, 0.25) is 11.8 Å². The SMILES string of the molecule is CCCCC(=O)Nc1nc(-c2nnc(Cc3ccc(C)cc3)o2)c(O)c2ncccc12. The van der Waals surface area contributed by atoms with Crippen molar-refractivity contribution >= 4 is 22.6 Å². The molecule has 0 bridgehead atoms. The molecule has 158 valence electrons. The predicted molar refractivity (Wildman–Crippen MR) is 117 cm³/mol. The van der Waals surface area contributed by atoms with Crippen molar-refractivity contribution in [3.8, 4) is 17.3 Å². The molecule has 31 heavy (non-hydrogen) atoms. The summed E-state index contributed by atoms with van der Waals surface area (Å²) < 4.78 is 5.77. The van der Waals surface area contributed by atoms with Crippen LogP contribution in [0.1, 0.15) is 43.2 Å². The van der Waals surface area contributed by atoms with Gasteiger partial charge in [-0.05, 0) is 31.0 Å². The summed E-state index contributed by atoms with van der Waals surface area (Å²) in [6, 6.07) is 11.5. The molecule has 3 heterocycles. The van der Waals surface area contributed by atoms with E-state index in [0.29, 0.717) is 35.5 Å². The highest BCUT2D eigenvalue weighted by Crippen LogP contribution is 2.36. The van der Waals surface area contributed by atoms with E-state index < -0.39 is 0 Å². The first-order valence-corrected chi connectivity index (χ1v) is 10.2. The second-order valence-electron chi connectivity index (χ2n) is 7.37. The van der Waals surface area contributed by atoms with Gasteiger partial charge in [-0.3, -0.25) is 9.78 Å². The molecule has 0 saturated carbocycles. The molecule has 0 unspecified atom stereocenters. The number of aromatic nitrogens is 4. The summed E-state index contributed by atoms with van der Waals surface area (Å²) in [4.78, 5) is 21.0. The molecule has 0 saturated heterocycles. The average Bonchev–Trinajstić information content (AvgIpc) is 3.24. The highest BCUT2D eigenvalue weighted by atomic mass is 16.4. The van der Waals surface area contributed by atoms with Crippen molar-refractivity contribution in [2.45, 2.75) is 39.5 Å². The third-order valence-corrected chi connectivity index (χ3v) is 4.90. The molecule has 8 nitrogen and oxygen atoms in total. The Morgan fingerprint density at radius 3 is 2.74 bits per heavy atom. The first-order chi connectivity index (χ1) is 15.0. The molecule has 0 aliphatic rings. The van der Waals surface area contributed by atoms with Crippen molar-refractivity contribution in [1.82, 2.24) is 20.2 Å². The van der Waals surface area contributed by atoms with Crippen molar-refractivity contribution in [3.63, 3.8) is 0 Å². The van der Waals surface area contributed by atoms with Gasteiger partial charge in [-0.15, -0.1) is 10.2 Å². The quantitative estimate of drug-likeness (QED) is 0.458. The predicted octanol–water partition coefficient (Wildman–Crippen LogP) is 4.41. The smallest absolute Gasteiger partial charge is 0.270 e. The second kappa shape index (κ2) is 8.91. The fourth-order valence-corrected chi connectivity index (χ4v) is 3.20. The maximum atomic E-state index is 12.3. The van der Waals surface area contributed by atoms with Crippen LogP contribution in [0.25, 0.3) is 22.5 Å². The third kappa shape index (κ3) is 4.53. The summed E-state index contributed by atoms with van der Waals surface area (Å²) in [6.07, 6.45) is 4.09. The molecule has 0 fully saturated rings. The topological polar surface area (TPSA) is 114 Å². The molecule has 4 aromatic rings. The van der Waals surface area contributed by atoms with Gasteiger partial charge < -0.3 is 14.8 Å². The number of aryl methyl sites for hydroxylation is 1. The van der Waals surface area contributed by atoms with E-state index in [4.69, 9.17) is 4.42 Å². The minimum Gasteiger partial charge on any atom is -0.504 e. The van der Waals surface area contributed by atoms with E-state index in [9.17, 15) is 9.90 Å². The Morgan fingerprint density at radius 1 is 1.16 bits per heavy atom. The number of nitrogens with zero attached hydrogens (tertiary/aromatic N) is 4. The Balaban J connectivity index is 1.69. The lowest BCUT2D eigenvalue weighted by Crippen LogP contribution is -2.13. The number of unbranched alkanes of at least 4 members (excludes halogenated alkanes) is 1. The fourth-order valence-electron chi connectivity index (χ4n) is 3.20. The van der Waals surface area contributed by atoms with Gasteiger partial charge in [0.15, 0.2) is 11.4 Å². The highest BCUT2D eigenvalue weighted by Gasteiger charge is 2.21. The van der Waals surface area contributed by atoms with Crippen LogP contribution in [0.2, 0.25) is 0 Å². The second-order valence-corrected chi connectivity index (χ2v) is 7.37. The van der Waals surface area contributed by atoms with Crippen LogP contribution >= 0.6 is 0 Å². The van der Waals surface area contributed by atoms with Crippen molar-refractivity contribution < 1.29 is 14.3 Å². The van der Waals surface area contributed by atoms with E-state index in [-0.39, 0.29) is 23.2 Å². The van der Waals surface area contributed by atoms with Crippen LogP contribution < -0.4 is 5.32 Å². The van der Waals surface area contributed by atoms with E-state index >= 15 is 0 Å². The zero-order chi connectivity index (χ0) is 21.8. The Hall–Kier alpha value is -3.81. The number of hydrogen-bond acceptors (Lipinski definition) is 7. The van der Waals surface area contributed by atoms with E-state index in [1.165, 1.54) is 5.56 Å². The minimum absolute atomic E-state index is 0.0659. The molecule has 0 spiro atoms. The monoisotopic (exact) mass is 417 g/mol. The van der Waals surface area contributed by atoms with Crippen molar-refractivity contribution in [2.75, 3.05) is 5.32 Å². The number of aromatic hydroxyl groups is 1. The number of benzene rings is 1.